The number of thioether (sulfide) groups is 1. The zero-order valence-electron chi connectivity index (χ0n) is 23.3. The molecule has 0 fully saturated rings. The van der Waals surface area contributed by atoms with Crippen molar-refractivity contribution in [2.75, 3.05) is 12.0 Å². The normalized spacial score (nSPS) is 11.7. The summed E-state index contributed by atoms with van der Waals surface area (Å²) in [6.45, 7) is 4.05. The van der Waals surface area contributed by atoms with Gasteiger partial charge in [0.1, 0.15) is 24.2 Å². The van der Waals surface area contributed by atoms with Gasteiger partial charge in [-0.2, -0.15) is 11.8 Å². The summed E-state index contributed by atoms with van der Waals surface area (Å²) < 4.78 is 11.9. The van der Waals surface area contributed by atoms with E-state index in [4.69, 9.17) is 9.15 Å². The predicted octanol–water partition coefficient (Wildman–Crippen LogP) is 6.78. The van der Waals surface area contributed by atoms with Gasteiger partial charge in [0.2, 0.25) is 0 Å². The Morgan fingerprint density at radius 1 is 0.951 bits per heavy atom. The highest BCUT2D eigenvalue weighted by Gasteiger charge is 2.23. The van der Waals surface area contributed by atoms with Crippen molar-refractivity contribution < 1.29 is 28.6 Å². The summed E-state index contributed by atoms with van der Waals surface area (Å²) in [5.41, 5.74) is 5.39. The second-order valence-electron chi connectivity index (χ2n) is 9.73. The minimum Gasteiger partial charge on any atom is -0.480 e. The number of hydrogen-bond donors (Lipinski definition) is 2. The first-order valence-electron chi connectivity index (χ1n) is 13.3. The number of aryl methyl sites for hydroxylation is 1. The Hall–Kier alpha value is -4.14. The molecule has 7 nitrogen and oxygen atoms in total. The second kappa shape index (κ2) is 14.0. The number of ketones is 1. The van der Waals surface area contributed by atoms with Crippen molar-refractivity contribution in [1.82, 2.24) is 5.32 Å². The van der Waals surface area contributed by atoms with Crippen LogP contribution in [0.5, 0.6) is 0 Å². The molecule has 1 atom stereocenters. The van der Waals surface area contributed by atoms with E-state index in [0.717, 1.165) is 22.3 Å². The van der Waals surface area contributed by atoms with Crippen LogP contribution < -0.4 is 5.32 Å². The lowest BCUT2D eigenvalue weighted by atomic mass is 9.93. The van der Waals surface area contributed by atoms with Crippen molar-refractivity contribution in [3.05, 3.63) is 107 Å². The van der Waals surface area contributed by atoms with Crippen LogP contribution in [0.2, 0.25) is 0 Å². The Morgan fingerprint density at radius 2 is 1.71 bits per heavy atom. The number of benzene rings is 3. The molecule has 1 amide bonds. The molecule has 0 radical (unpaired) electrons. The zero-order chi connectivity index (χ0) is 29.4. The number of hydrogen-bond acceptors (Lipinski definition) is 6. The molecule has 0 aliphatic rings. The van der Waals surface area contributed by atoms with E-state index >= 15 is 0 Å². The third-order valence-corrected chi connectivity index (χ3v) is 7.37. The quantitative estimate of drug-likeness (QED) is 0.170. The largest absolute Gasteiger partial charge is 0.480 e. The molecule has 3 aromatic carbocycles. The topological polar surface area (TPSA) is 106 Å². The number of carbonyl (C=O) groups is 3. The lowest BCUT2D eigenvalue weighted by Gasteiger charge is -2.17. The van der Waals surface area contributed by atoms with E-state index in [9.17, 15) is 19.5 Å². The Morgan fingerprint density at radius 3 is 2.39 bits per heavy atom. The van der Waals surface area contributed by atoms with Gasteiger partial charge in [0.25, 0.3) is 5.91 Å². The van der Waals surface area contributed by atoms with E-state index in [1.807, 2.05) is 73.8 Å². The van der Waals surface area contributed by atoms with Crippen molar-refractivity contribution >= 4 is 29.4 Å². The van der Waals surface area contributed by atoms with Gasteiger partial charge < -0.3 is 19.6 Å². The number of rotatable bonds is 13. The molecule has 2 N–H and O–H groups in total. The molecule has 4 aromatic rings. The minimum absolute atomic E-state index is 0.0138. The number of amides is 1. The molecular formula is C33H33NO6S. The summed E-state index contributed by atoms with van der Waals surface area (Å²) in [5.74, 6) is 0.512. The van der Waals surface area contributed by atoms with Crippen LogP contribution >= 0.6 is 11.8 Å². The lowest BCUT2D eigenvalue weighted by Crippen LogP contribution is -2.41. The Balaban J connectivity index is 1.49. The molecule has 0 saturated heterocycles. The van der Waals surface area contributed by atoms with E-state index in [2.05, 4.69) is 5.32 Å². The Labute approximate surface area is 243 Å². The SMILES string of the molecule is CSCCC(NC(=O)c1ccc(COCc2ccc(-c3ccc(C(C)=O)cc3)o2)cc1-c1ccccc1C)C(=O)O. The molecule has 8 heteroatoms. The van der Waals surface area contributed by atoms with Crippen LogP contribution in [-0.4, -0.2) is 40.8 Å². The number of aliphatic carboxylic acids is 1. The minimum atomic E-state index is -1.05. The smallest absolute Gasteiger partial charge is 0.326 e. The van der Waals surface area contributed by atoms with Gasteiger partial charge in [0.05, 0.1) is 6.61 Å². The summed E-state index contributed by atoms with van der Waals surface area (Å²) in [6, 6.07) is 23.2. The van der Waals surface area contributed by atoms with Gasteiger partial charge in [0, 0.05) is 16.7 Å². The number of carboxylic acid groups (broad SMARTS) is 1. The van der Waals surface area contributed by atoms with E-state index in [1.165, 1.54) is 18.7 Å². The molecule has 0 aliphatic heterocycles. The Kier molecular flexibility index (Phi) is 10.2. The van der Waals surface area contributed by atoms with Crippen molar-refractivity contribution in [1.29, 1.82) is 0 Å². The summed E-state index contributed by atoms with van der Waals surface area (Å²) in [4.78, 5) is 36.5. The molecule has 1 aromatic heterocycles. The highest BCUT2D eigenvalue weighted by atomic mass is 32.2. The average molecular weight is 572 g/mol. The molecule has 0 saturated carbocycles. The molecule has 0 bridgehead atoms. The van der Waals surface area contributed by atoms with Crippen molar-refractivity contribution in [3.8, 4) is 22.5 Å². The third kappa shape index (κ3) is 7.74. The van der Waals surface area contributed by atoms with Gasteiger partial charge in [-0.25, -0.2) is 4.79 Å². The molecule has 1 heterocycles. The van der Waals surface area contributed by atoms with Gasteiger partial charge in [-0.1, -0.05) is 54.6 Å². The summed E-state index contributed by atoms with van der Waals surface area (Å²) in [7, 11) is 0. The van der Waals surface area contributed by atoms with Crippen molar-refractivity contribution in [2.24, 2.45) is 0 Å². The maximum absolute atomic E-state index is 13.3. The van der Waals surface area contributed by atoms with Crippen LogP contribution in [0, 0.1) is 6.92 Å². The number of Topliss-reactive ketones (excluding diaryl/α,β-unsaturated/α-hetero) is 1. The van der Waals surface area contributed by atoms with Crippen LogP contribution in [0.15, 0.2) is 83.3 Å². The monoisotopic (exact) mass is 571 g/mol. The van der Waals surface area contributed by atoms with Crippen molar-refractivity contribution in [3.63, 3.8) is 0 Å². The molecule has 4 rings (SSSR count). The molecule has 1 unspecified atom stereocenters. The van der Waals surface area contributed by atoms with Crippen molar-refractivity contribution in [2.45, 2.75) is 39.5 Å². The lowest BCUT2D eigenvalue weighted by molar-refractivity contribution is -0.139. The number of nitrogens with one attached hydrogen (secondary N) is 1. The first-order chi connectivity index (χ1) is 19.8. The average Bonchev–Trinajstić information content (AvgIpc) is 3.44. The maximum Gasteiger partial charge on any atom is 0.326 e. The van der Waals surface area contributed by atoms with Gasteiger partial charge in [0.15, 0.2) is 5.78 Å². The van der Waals surface area contributed by atoms with Crippen LogP contribution in [0.1, 0.15) is 50.9 Å². The summed E-state index contributed by atoms with van der Waals surface area (Å²) in [6.07, 6.45) is 2.24. The number of ether oxygens (including phenoxy) is 1. The number of carboxylic acids is 1. The van der Waals surface area contributed by atoms with Crippen LogP contribution in [0.4, 0.5) is 0 Å². The first kappa shape index (κ1) is 29.8. The highest BCUT2D eigenvalue weighted by molar-refractivity contribution is 7.98. The molecule has 0 spiro atoms. The van der Waals surface area contributed by atoms with Gasteiger partial charge in [-0.3, -0.25) is 9.59 Å². The molecule has 41 heavy (non-hydrogen) atoms. The first-order valence-corrected chi connectivity index (χ1v) is 14.7. The maximum atomic E-state index is 13.3. The van der Waals surface area contributed by atoms with Gasteiger partial charge in [-0.05, 0) is 78.8 Å². The third-order valence-electron chi connectivity index (χ3n) is 6.73. The second-order valence-corrected chi connectivity index (χ2v) is 10.7. The molecule has 212 valence electrons. The molecular weight excluding hydrogens is 538 g/mol. The summed E-state index contributed by atoms with van der Waals surface area (Å²) in [5, 5.41) is 12.3. The number of furan rings is 1. The predicted molar refractivity (Wildman–Crippen MR) is 161 cm³/mol. The highest BCUT2D eigenvalue weighted by Crippen LogP contribution is 2.29. The van der Waals surface area contributed by atoms with E-state index < -0.39 is 17.9 Å². The van der Waals surface area contributed by atoms with Crippen LogP contribution in [0.25, 0.3) is 22.5 Å². The van der Waals surface area contributed by atoms with Crippen LogP contribution in [0.3, 0.4) is 0 Å². The number of carbonyl (C=O) groups excluding carboxylic acids is 2. The fourth-order valence-corrected chi connectivity index (χ4v) is 4.93. The molecule has 0 aliphatic carbocycles. The van der Waals surface area contributed by atoms with Crippen LogP contribution in [-0.2, 0) is 22.7 Å². The summed E-state index contributed by atoms with van der Waals surface area (Å²) >= 11 is 1.54. The fraction of sp³-hybridized carbons (Fsp3) is 0.242. The van der Waals surface area contributed by atoms with E-state index in [0.29, 0.717) is 40.4 Å². The zero-order valence-corrected chi connectivity index (χ0v) is 24.1. The van der Waals surface area contributed by atoms with E-state index in [-0.39, 0.29) is 19.0 Å². The van der Waals surface area contributed by atoms with Gasteiger partial charge >= 0.3 is 5.97 Å². The van der Waals surface area contributed by atoms with E-state index in [1.54, 1.807) is 18.2 Å². The Bertz CT molecular complexity index is 1520. The van der Waals surface area contributed by atoms with Gasteiger partial charge in [-0.15, -0.1) is 0 Å². The standard InChI is InChI=1S/C33H33NO6S/c1-21-6-4-5-7-27(21)29-18-23(8-14-28(29)32(36)34-30(33(37)38)16-17-41-3)19-39-20-26-13-15-31(40-26)25-11-9-24(10-12-25)22(2)35/h4-15,18,30H,16-17,19-20H2,1-3H3,(H,34,36)(H,37,38). The fourth-order valence-electron chi connectivity index (χ4n) is 4.46.